The smallest absolute Gasteiger partial charge is 0.228 e. The molecule has 0 bridgehead atoms. The third-order valence-electron chi connectivity index (χ3n) is 6.68. The molecule has 4 rings (SSSR count). The quantitative estimate of drug-likeness (QED) is 0.331. The van der Waals surface area contributed by atoms with Crippen molar-refractivity contribution in [3.05, 3.63) is 84.1 Å². The maximum absolute atomic E-state index is 13.8. The van der Waals surface area contributed by atoms with E-state index in [0.29, 0.717) is 31.8 Å². The van der Waals surface area contributed by atoms with Gasteiger partial charge in [0.2, 0.25) is 5.91 Å². The lowest BCUT2D eigenvalue weighted by Crippen LogP contribution is -2.47. The second-order valence-electron chi connectivity index (χ2n) is 11.0. The van der Waals surface area contributed by atoms with Crippen LogP contribution in [0, 0.1) is 12.3 Å². The van der Waals surface area contributed by atoms with Crippen LogP contribution in [0.3, 0.4) is 0 Å². The zero-order chi connectivity index (χ0) is 26.6. The minimum Gasteiger partial charge on any atom is -0.494 e. The lowest BCUT2D eigenvalue weighted by Gasteiger charge is -2.37. The van der Waals surface area contributed by atoms with Crippen LogP contribution in [0.15, 0.2) is 73.0 Å². The fourth-order valence-electron chi connectivity index (χ4n) is 4.74. The van der Waals surface area contributed by atoms with E-state index in [-0.39, 0.29) is 11.3 Å². The molecular weight excluding hydrogens is 460 g/mol. The van der Waals surface area contributed by atoms with Gasteiger partial charge in [-0.25, -0.2) is 4.98 Å². The zero-order valence-electron chi connectivity index (χ0n) is 22.9. The van der Waals surface area contributed by atoms with E-state index in [2.05, 4.69) is 70.2 Å². The summed E-state index contributed by atoms with van der Waals surface area (Å²) in [6, 6.07) is 16.4. The Hall–Kier alpha value is -3.44. The maximum atomic E-state index is 13.8. The summed E-state index contributed by atoms with van der Waals surface area (Å²) in [5.74, 6) is 1.48. The first kappa shape index (κ1) is 26.6. The Kier molecular flexibility index (Phi) is 7.84. The number of aryl methyl sites for hydroxylation is 1. The molecule has 5 nitrogen and oxygen atoms in total. The number of fused-ring (bicyclic) bond motifs is 1. The van der Waals surface area contributed by atoms with Crippen LogP contribution in [0.2, 0.25) is 0 Å². The van der Waals surface area contributed by atoms with Crippen molar-refractivity contribution in [3.8, 4) is 5.75 Å². The second-order valence-corrected chi connectivity index (χ2v) is 11.0. The van der Waals surface area contributed by atoms with Crippen LogP contribution in [0.25, 0.3) is 16.3 Å². The second kappa shape index (κ2) is 10.9. The molecule has 0 saturated heterocycles. The van der Waals surface area contributed by atoms with Crippen molar-refractivity contribution in [2.75, 3.05) is 25.2 Å². The van der Waals surface area contributed by atoms with Gasteiger partial charge in [0.1, 0.15) is 17.2 Å². The number of carbonyl (C=O) groups excluding carboxylic acids is 1. The van der Waals surface area contributed by atoms with E-state index in [1.54, 1.807) is 13.3 Å². The summed E-state index contributed by atoms with van der Waals surface area (Å²) < 4.78 is 11.8. The highest BCUT2D eigenvalue weighted by atomic mass is 16.5. The summed E-state index contributed by atoms with van der Waals surface area (Å²) >= 11 is 0. The van der Waals surface area contributed by atoms with Gasteiger partial charge in [0.05, 0.1) is 13.2 Å². The van der Waals surface area contributed by atoms with E-state index in [0.717, 1.165) is 22.1 Å². The van der Waals surface area contributed by atoms with E-state index in [9.17, 15) is 4.79 Å². The van der Waals surface area contributed by atoms with Crippen molar-refractivity contribution in [3.63, 3.8) is 0 Å². The van der Waals surface area contributed by atoms with E-state index in [4.69, 9.17) is 14.5 Å². The minimum atomic E-state index is -0.657. The molecule has 1 atom stereocenters. The number of benzene rings is 2. The molecule has 1 amide bonds. The van der Waals surface area contributed by atoms with Crippen LogP contribution in [-0.2, 0) is 9.53 Å². The number of aromatic nitrogens is 1. The predicted molar refractivity (Wildman–Crippen MR) is 152 cm³/mol. The number of methoxy groups -OCH3 is 1. The van der Waals surface area contributed by atoms with Crippen LogP contribution < -0.4 is 9.64 Å². The summed E-state index contributed by atoms with van der Waals surface area (Å²) in [6.07, 6.45) is 9.23. The van der Waals surface area contributed by atoms with Gasteiger partial charge in [-0.15, -0.1) is 0 Å². The number of ether oxygens (including phenoxy) is 2. The standard InChI is InChI=1S/C32H38N2O3/c1-7-37-27-11-12-28-26(20-27)15-18-33-30(28)34(29(35)21-31(3,4)5)22-32(36-6)16-13-24(14-17-32)25-10-8-9-23(2)19-25/h8-16,18-20H,7,17,21-22H2,1-6H3. The maximum Gasteiger partial charge on any atom is 0.228 e. The molecule has 37 heavy (non-hydrogen) atoms. The van der Waals surface area contributed by atoms with Gasteiger partial charge in [-0.2, -0.15) is 0 Å². The molecule has 0 fully saturated rings. The van der Waals surface area contributed by atoms with Crippen LogP contribution in [0.5, 0.6) is 5.75 Å². The average Bonchev–Trinajstić information content (AvgIpc) is 2.86. The molecule has 1 aliphatic rings. The number of hydrogen-bond acceptors (Lipinski definition) is 4. The fraction of sp³-hybridized carbons (Fsp3) is 0.375. The zero-order valence-corrected chi connectivity index (χ0v) is 22.9. The van der Waals surface area contributed by atoms with Crippen molar-refractivity contribution in [1.82, 2.24) is 4.98 Å². The van der Waals surface area contributed by atoms with E-state index in [1.807, 2.05) is 36.1 Å². The van der Waals surface area contributed by atoms with Gasteiger partial charge in [0.15, 0.2) is 0 Å². The lowest BCUT2D eigenvalue weighted by molar-refractivity contribution is -0.121. The molecule has 3 aromatic rings. The molecule has 1 unspecified atom stereocenters. The first-order valence-corrected chi connectivity index (χ1v) is 13.0. The number of nitrogens with zero attached hydrogens (tertiary/aromatic N) is 2. The number of amides is 1. The largest absolute Gasteiger partial charge is 0.494 e. The van der Waals surface area contributed by atoms with Crippen LogP contribution in [0.1, 0.15) is 51.7 Å². The molecule has 0 radical (unpaired) electrons. The Morgan fingerprint density at radius 3 is 2.59 bits per heavy atom. The monoisotopic (exact) mass is 498 g/mol. The molecule has 5 heteroatoms. The summed E-state index contributed by atoms with van der Waals surface area (Å²) in [7, 11) is 1.72. The van der Waals surface area contributed by atoms with Gasteiger partial charge in [0.25, 0.3) is 0 Å². The topological polar surface area (TPSA) is 51.7 Å². The predicted octanol–water partition coefficient (Wildman–Crippen LogP) is 7.14. The summed E-state index contributed by atoms with van der Waals surface area (Å²) in [4.78, 5) is 20.3. The number of anilines is 1. The van der Waals surface area contributed by atoms with Crippen molar-refractivity contribution < 1.29 is 14.3 Å². The molecule has 194 valence electrons. The van der Waals surface area contributed by atoms with Gasteiger partial charge in [0, 0.05) is 31.5 Å². The first-order chi connectivity index (χ1) is 17.6. The Morgan fingerprint density at radius 2 is 1.95 bits per heavy atom. The van der Waals surface area contributed by atoms with Gasteiger partial charge in [-0.1, -0.05) is 68.8 Å². The molecule has 1 aromatic heterocycles. The van der Waals surface area contributed by atoms with E-state index < -0.39 is 5.60 Å². The summed E-state index contributed by atoms with van der Waals surface area (Å²) in [6.45, 7) is 11.3. The summed E-state index contributed by atoms with van der Waals surface area (Å²) in [5, 5.41) is 1.90. The van der Waals surface area contributed by atoms with Crippen LogP contribution in [-0.4, -0.2) is 36.8 Å². The SMILES string of the molecule is CCOc1ccc2c(N(CC3(OC)C=CC(c4cccc(C)c4)=CC3)C(=O)CC(C)(C)C)nccc2c1. The third kappa shape index (κ3) is 6.28. The molecule has 1 aliphatic carbocycles. The van der Waals surface area contributed by atoms with Gasteiger partial charge in [-0.3, -0.25) is 9.69 Å². The van der Waals surface area contributed by atoms with E-state index >= 15 is 0 Å². The number of rotatable bonds is 8. The number of hydrogen-bond donors (Lipinski definition) is 0. The number of allylic oxidation sites excluding steroid dienone is 2. The molecule has 2 aromatic carbocycles. The summed E-state index contributed by atoms with van der Waals surface area (Å²) in [5.41, 5.74) is 2.75. The Morgan fingerprint density at radius 1 is 1.14 bits per heavy atom. The van der Waals surface area contributed by atoms with Gasteiger partial charge < -0.3 is 9.47 Å². The highest BCUT2D eigenvalue weighted by molar-refractivity contribution is 6.02. The Balaban J connectivity index is 1.71. The average molecular weight is 499 g/mol. The highest BCUT2D eigenvalue weighted by Crippen LogP contribution is 2.35. The van der Waals surface area contributed by atoms with Crippen LogP contribution in [0.4, 0.5) is 5.82 Å². The third-order valence-corrected chi connectivity index (χ3v) is 6.68. The molecular formula is C32H38N2O3. The fourth-order valence-corrected chi connectivity index (χ4v) is 4.74. The van der Waals surface area contributed by atoms with Crippen molar-refractivity contribution in [2.45, 2.75) is 53.1 Å². The Bertz CT molecular complexity index is 1340. The minimum absolute atomic E-state index is 0.0275. The first-order valence-electron chi connectivity index (χ1n) is 13.0. The van der Waals surface area contributed by atoms with Crippen molar-refractivity contribution in [2.24, 2.45) is 5.41 Å². The molecule has 0 saturated carbocycles. The van der Waals surface area contributed by atoms with Crippen molar-refractivity contribution in [1.29, 1.82) is 0 Å². The van der Waals surface area contributed by atoms with Crippen molar-refractivity contribution >= 4 is 28.1 Å². The highest BCUT2D eigenvalue weighted by Gasteiger charge is 2.35. The number of pyridine rings is 1. The molecule has 0 aliphatic heterocycles. The number of carbonyl (C=O) groups is 1. The van der Waals surface area contributed by atoms with Gasteiger partial charge >= 0.3 is 0 Å². The molecule has 1 heterocycles. The normalized spacial score (nSPS) is 17.5. The van der Waals surface area contributed by atoms with Crippen LogP contribution >= 0.6 is 0 Å². The van der Waals surface area contributed by atoms with Gasteiger partial charge in [-0.05, 0) is 60.1 Å². The molecule has 0 N–H and O–H groups in total. The Labute approximate surface area is 220 Å². The van der Waals surface area contributed by atoms with E-state index in [1.165, 1.54) is 11.1 Å². The molecule has 0 spiro atoms. The lowest BCUT2D eigenvalue weighted by atomic mass is 9.87.